The van der Waals surface area contributed by atoms with E-state index in [1.54, 1.807) is 0 Å². The average Bonchev–Trinajstić information content (AvgIpc) is 2.36. The molecule has 1 atom stereocenters. The van der Waals surface area contributed by atoms with Gasteiger partial charge in [-0.3, -0.25) is 10.1 Å². The van der Waals surface area contributed by atoms with E-state index in [1.165, 1.54) is 7.05 Å². The van der Waals surface area contributed by atoms with Gasteiger partial charge in [-0.1, -0.05) is 0 Å². The molecule has 1 heterocycles. The van der Waals surface area contributed by atoms with Crippen LogP contribution in [0.15, 0.2) is 0 Å². The van der Waals surface area contributed by atoms with Crippen LogP contribution < -0.4 is 16.4 Å². The summed E-state index contributed by atoms with van der Waals surface area (Å²) in [6.45, 7) is 4.73. The van der Waals surface area contributed by atoms with Crippen molar-refractivity contribution in [1.29, 1.82) is 0 Å². The van der Waals surface area contributed by atoms with E-state index in [2.05, 4.69) is 22.5 Å². The van der Waals surface area contributed by atoms with Crippen LogP contribution in [0.3, 0.4) is 0 Å². The van der Waals surface area contributed by atoms with Crippen LogP contribution in [0.25, 0.3) is 0 Å². The Hall–Kier alpha value is -1.14. The Bertz CT molecular complexity index is 286. The quantitative estimate of drug-likeness (QED) is 0.655. The van der Waals surface area contributed by atoms with Gasteiger partial charge in [0.15, 0.2) is 0 Å². The van der Waals surface area contributed by atoms with Crippen molar-refractivity contribution in [3.63, 3.8) is 0 Å². The summed E-state index contributed by atoms with van der Waals surface area (Å²) in [6, 6.07) is -0.195. The SMILES string of the molecule is CNC(=O)NC(=O)CCN1CCC(C(C)N)CC1. The van der Waals surface area contributed by atoms with E-state index in [4.69, 9.17) is 5.73 Å². The van der Waals surface area contributed by atoms with Crippen molar-refractivity contribution in [2.24, 2.45) is 11.7 Å². The monoisotopic (exact) mass is 256 g/mol. The van der Waals surface area contributed by atoms with Gasteiger partial charge in [0.1, 0.15) is 0 Å². The van der Waals surface area contributed by atoms with Crippen molar-refractivity contribution >= 4 is 11.9 Å². The highest BCUT2D eigenvalue weighted by Gasteiger charge is 2.22. The van der Waals surface area contributed by atoms with Gasteiger partial charge >= 0.3 is 6.03 Å². The minimum Gasteiger partial charge on any atom is -0.341 e. The highest BCUT2D eigenvalue weighted by atomic mass is 16.2. The third-order valence-corrected chi connectivity index (χ3v) is 3.51. The number of amides is 3. The zero-order valence-electron chi connectivity index (χ0n) is 11.2. The Morgan fingerprint density at radius 3 is 2.50 bits per heavy atom. The second-order valence-electron chi connectivity index (χ2n) is 4.92. The second-order valence-corrected chi connectivity index (χ2v) is 4.92. The van der Waals surface area contributed by atoms with Gasteiger partial charge in [0.25, 0.3) is 0 Å². The third-order valence-electron chi connectivity index (χ3n) is 3.51. The molecule has 6 heteroatoms. The van der Waals surface area contributed by atoms with Crippen molar-refractivity contribution in [2.75, 3.05) is 26.7 Å². The fourth-order valence-electron chi connectivity index (χ4n) is 2.21. The Kier molecular flexibility index (Phi) is 6.07. The number of carbonyl (C=O) groups excluding carboxylic acids is 2. The standard InChI is InChI=1S/C12H24N4O2/c1-9(13)10-3-6-16(7-4-10)8-5-11(17)15-12(18)14-2/h9-10H,3-8,13H2,1-2H3,(H2,14,15,17,18). The zero-order valence-corrected chi connectivity index (χ0v) is 11.2. The number of urea groups is 1. The van der Waals surface area contributed by atoms with Gasteiger partial charge in [0.05, 0.1) is 0 Å². The van der Waals surface area contributed by atoms with Gasteiger partial charge in [-0.25, -0.2) is 4.79 Å². The first-order chi connectivity index (χ1) is 8.52. The number of piperidine rings is 1. The fourth-order valence-corrected chi connectivity index (χ4v) is 2.21. The molecule has 1 rings (SSSR count). The first-order valence-corrected chi connectivity index (χ1v) is 6.52. The second kappa shape index (κ2) is 7.33. The highest BCUT2D eigenvalue weighted by molar-refractivity contribution is 5.94. The predicted molar refractivity (Wildman–Crippen MR) is 70.0 cm³/mol. The molecule has 0 aromatic heterocycles. The molecule has 4 N–H and O–H groups in total. The molecule has 1 aliphatic rings. The highest BCUT2D eigenvalue weighted by Crippen LogP contribution is 2.19. The van der Waals surface area contributed by atoms with Gasteiger partial charge in [-0.2, -0.15) is 0 Å². The zero-order chi connectivity index (χ0) is 13.5. The third kappa shape index (κ3) is 5.01. The van der Waals surface area contributed by atoms with Crippen molar-refractivity contribution < 1.29 is 9.59 Å². The van der Waals surface area contributed by atoms with Gasteiger partial charge in [0, 0.05) is 26.1 Å². The van der Waals surface area contributed by atoms with Gasteiger partial charge in [-0.15, -0.1) is 0 Å². The molecule has 0 saturated carbocycles. The molecule has 0 radical (unpaired) electrons. The lowest BCUT2D eigenvalue weighted by Crippen LogP contribution is -2.42. The van der Waals surface area contributed by atoms with Crippen LogP contribution in [0.4, 0.5) is 4.79 Å². The minimum absolute atomic E-state index is 0.233. The molecule has 104 valence electrons. The lowest BCUT2D eigenvalue weighted by molar-refractivity contribution is -0.120. The lowest BCUT2D eigenvalue weighted by atomic mass is 9.91. The van der Waals surface area contributed by atoms with E-state index >= 15 is 0 Å². The maximum Gasteiger partial charge on any atom is 0.321 e. The maximum absolute atomic E-state index is 11.4. The van der Waals surface area contributed by atoms with Gasteiger partial charge < -0.3 is 16.0 Å². The number of hydrogen-bond acceptors (Lipinski definition) is 4. The summed E-state index contributed by atoms with van der Waals surface area (Å²) in [5, 5.41) is 4.61. The van der Waals surface area contributed by atoms with Crippen LogP contribution in [-0.2, 0) is 4.79 Å². The molecule has 1 aliphatic heterocycles. The molecule has 0 aliphatic carbocycles. The van der Waals surface area contributed by atoms with Crippen molar-refractivity contribution in [3.8, 4) is 0 Å². The van der Waals surface area contributed by atoms with E-state index < -0.39 is 6.03 Å². The predicted octanol–water partition coefficient (Wildman–Crippen LogP) is -0.109. The molecule has 1 fully saturated rings. The van der Waals surface area contributed by atoms with Crippen molar-refractivity contribution in [1.82, 2.24) is 15.5 Å². The van der Waals surface area contributed by atoms with Gasteiger partial charge in [0.2, 0.25) is 5.91 Å². The van der Waals surface area contributed by atoms with Crippen LogP contribution in [0.5, 0.6) is 0 Å². The molecule has 3 amide bonds. The number of imide groups is 1. The Labute approximate surface area is 108 Å². The maximum atomic E-state index is 11.4. The van der Waals surface area contributed by atoms with E-state index in [-0.39, 0.29) is 11.9 Å². The fraction of sp³-hybridized carbons (Fsp3) is 0.833. The summed E-state index contributed by atoms with van der Waals surface area (Å²) in [6.07, 6.45) is 2.54. The number of nitrogens with one attached hydrogen (secondary N) is 2. The molecule has 1 unspecified atom stereocenters. The van der Waals surface area contributed by atoms with Crippen LogP contribution in [0, 0.1) is 5.92 Å². The first kappa shape index (κ1) is 14.9. The number of hydrogen-bond donors (Lipinski definition) is 3. The van der Waals surface area contributed by atoms with Crippen LogP contribution in [0.2, 0.25) is 0 Å². The summed E-state index contributed by atoms with van der Waals surface area (Å²) in [5.41, 5.74) is 5.88. The molecular formula is C12H24N4O2. The molecule has 0 aromatic carbocycles. The van der Waals surface area contributed by atoms with Crippen LogP contribution in [-0.4, -0.2) is 49.6 Å². The van der Waals surface area contributed by atoms with Crippen LogP contribution in [0.1, 0.15) is 26.2 Å². The number of nitrogens with zero attached hydrogens (tertiary/aromatic N) is 1. The number of likely N-dealkylation sites (tertiary alicyclic amines) is 1. The molecule has 18 heavy (non-hydrogen) atoms. The van der Waals surface area contributed by atoms with Crippen molar-refractivity contribution in [2.45, 2.75) is 32.2 Å². The van der Waals surface area contributed by atoms with Crippen LogP contribution >= 0.6 is 0 Å². The summed E-state index contributed by atoms with van der Waals surface area (Å²) in [4.78, 5) is 24.6. The molecular weight excluding hydrogens is 232 g/mol. The smallest absolute Gasteiger partial charge is 0.321 e. The summed E-state index contributed by atoms with van der Waals surface area (Å²) in [7, 11) is 1.49. The number of rotatable bonds is 4. The number of carbonyl (C=O) groups is 2. The summed E-state index contributed by atoms with van der Waals surface area (Å²) >= 11 is 0. The van der Waals surface area contributed by atoms with E-state index in [0.717, 1.165) is 25.9 Å². The van der Waals surface area contributed by atoms with E-state index in [1.807, 2.05) is 0 Å². The van der Waals surface area contributed by atoms with Crippen molar-refractivity contribution in [3.05, 3.63) is 0 Å². The molecule has 1 saturated heterocycles. The minimum atomic E-state index is -0.448. The molecule has 6 nitrogen and oxygen atoms in total. The average molecular weight is 256 g/mol. The largest absolute Gasteiger partial charge is 0.341 e. The first-order valence-electron chi connectivity index (χ1n) is 6.52. The van der Waals surface area contributed by atoms with E-state index in [0.29, 0.717) is 18.9 Å². The molecule has 0 bridgehead atoms. The van der Waals surface area contributed by atoms with Gasteiger partial charge in [-0.05, 0) is 38.8 Å². The van der Waals surface area contributed by atoms with E-state index in [9.17, 15) is 9.59 Å². The molecule has 0 spiro atoms. The normalized spacial score (nSPS) is 19.3. The lowest BCUT2D eigenvalue weighted by Gasteiger charge is -2.33. The topological polar surface area (TPSA) is 87.5 Å². The summed E-state index contributed by atoms with van der Waals surface area (Å²) in [5.74, 6) is 0.365. The molecule has 0 aromatic rings. The Morgan fingerprint density at radius 1 is 1.39 bits per heavy atom. The Morgan fingerprint density at radius 2 is 2.00 bits per heavy atom. The summed E-state index contributed by atoms with van der Waals surface area (Å²) < 4.78 is 0. The number of nitrogens with two attached hydrogens (primary N) is 1. The Balaban J connectivity index is 2.18.